The summed E-state index contributed by atoms with van der Waals surface area (Å²) in [5.41, 5.74) is 0.152. The van der Waals surface area contributed by atoms with E-state index in [1.54, 1.807) is 22.7 Å². The van der Waals surface area contributed by atoms with Gasteiger partial charge in [0.25, 0.3) is 0 Å². The summed E-state index contributed by atoms with van der Waals surface area (Å²) in [7, 11) is 0. The maximum Gasteiger partial charge on any atom is 0.330 e. The first-order chi connectivity index (χ1) is 10.4. The molecular formula is C15H15ClFNO3S. The maximum absolute atomic E-state index is 13.7. The zero-order valence-electron chi connectivity index (χ0n) is 12.0. The molecule has 1 aromatic carbocycles. The molecule has 0 saturated carbocycles. The average molecular weight is 344 g/mol. The molecule has 2 saturated heterocycles. The zero-order valence-corrected chi connectivity index (χ0v) is 13.5. The molecule has 2 atom stereocenters. The Hall–Kier alpha value is -1.27. The topological polar surface area (TPSA) is 46.6 Å². The molecule has 4 nitrogen and oxygen atoms in total. The molecule has 1 aromatic rings. The van der Waals surface area contributed by atoms with Gasteiger partial charge in [-0.3, -0.25) is 4.79 Å². The standard InChI is InChI=1S/C15H15ClFNO3S/c1-15-6-5-13(19)18(15)12(8-22-15)14(20)21-7-9-10(16)3-2-4-11(9)17/h2-4,12H,5-8H2,1H3/t12-,15+/m1/s1. The first-order valence-corrected chi connectivity index (χ1v) is 8.34. The molecule has 2 aliphatic rings. The van der Waals surface area contributed by atoms with Crippen LogP contribution in [0.1, 0.15) is 25.3 Å². The van der Waals surface area contributed by atoms with Crippen LogP contribution in [0.4, 0.5) is 4.39 Å². The molecule has 0 unspecified atom stereocenters. The first-order valence-electron chi connectivity index (χ1n) is 6.98. The lowest BCUT2D eigenvalue weighted by Crippen LogP contribution is -2.46. The third kappa shape index (κ3) is 2.58. The number of esters is 1. The number of hydrogen-bond acceptors (Lipinski definition) is 4. The van der Waals surface area contributed by atoms with Gasteiger partial charge in [-0.25, -0.2) is 9.18 Å². The highest BCUT2D eigenvalue weighted by atomic mass is 35.5. The summed E-state index contributed by atoms with van der Waals surface area (Å²) in [5.74, 6) is -0.543. The molecule has 0 aromatic heterocycles. The van der Waals surface area contributed by atoms with Gasteiger partial charge in [0.2, 0.25) is 5.91 Å². The lowest BCUT2D eigenvalue weighted by atomic mass is 10.2. The highest BCUT2D eigenvalue weighted by Gasteiger charge is 2.53. The van der Waals surface area contributed by atoms with Crippen molar-refractivity contribution in [1.82, 2.24) is 4.90 Å². The Balaban J connectivity index is 1.69. The molecule has 22 heavy (non-hydrogen) atoms. The molecule has 1 amide bonds. The van der Waals surface area contributed by atoms with Gasteiger partial charge >= 0.3 is 5.97 Å². The summed E-state index contributed by atoms with van der Waals surface area (Å²) in [4.78, 5) is 25.5. The minimum Gasteiger partial charge on any atom is -0.459 e. The number of fused-ring (bicyclic) bond motifs is 1. The minimum absolute atomic E-state index is 0.0293. The number of amides is 1. The van der Waals surface area contributed by atoms with Gasteiger partial charge in [-0.05, 0) is 25.5 Å². The summed E-state index contributed by atoms with van der Waals surface area (Å²) >= 11 is 7.49. The van der Waals surface area contributed by atoms with Gasteiger partial charge in [0, 0.05) is 17.7 Å². The van der Waals surface area contributed by atoms with Gasteiger partial charge in [-0.2, -0.15) is 0 Å². The normalized spacial score (nSPS) is 27.1. The molecule has 0 radical (unpaired) electrons. The van der Waals surface area contributed by atoms with Crippen molar-refractivity contribution in [3.63, 3.8) is 0 Å². The van der Waals surface area contributed by atoms with Crippen LogP contribution >= 0.6 is 23.4 Å². The number of rotatable bonds is 3. The Morgan fingerprint density at radius 1 is 1.59 bits per heavy atom. The van der Waals surface area contributed by atoms with E-state index < -0.39 is 17.8 Å². The van der Waals surface area contributed by atoms with Crippen LogP contribution in [0.5, 0.6) is 0 Å². The number of benzene rings is 1. The highest BCUT2D eigenvalue weighted by molar-refractivity contribution is 8.01. The average Bonchev–Trinajstić information content (AvgIpc) is 2.95. The molecule has 0 spiro atoms. The number of carbonyl (C=O) groups is 2. The van der Waals surface area contributed by atoms with Crippen molar-refractivity contribution in [2.24, 2.45) is 0 Å². The van der Waals surface area contributed by atoms with E-state index in [0.29, 0.717) is 12.2 Å². The van der Waals surface area contributed by atoms with E-state index in [1.165, 1.54) is 12.1 Å². The monoisotopic (exact) mass is 343 g/mol. The molecule has 2 fully saturated rings. The number of ether oxygens (including phenoxy) is 1. The minimum atomic E-state index is -0.601. The Morgan fingerprint density at radius 2 is 2.36 bits per heavy atom. The van der Waals surface area contributed by atoms with Crippen LogP contribution in [0.15, 0.2) is 18.2 Å². The second kappa shape index (κ2) is 5.74. The summed E-state index contributed by atoms with van der Waals surface area (Å²) in [5, 5.41) is 0.218. The quantitative estimate of drug-likeness (QED) is 0.792. The fourth-order valence-corrected chi connectivity index (χ4v) is 4.54. The van der Waals surface area contributed by atoms with Crippen molar-refractivity contribution < 1.29 is 18.7 Å². The molecule has 3 rings (SSSR count). The lowest BCUT2D eigenvalue weighted by molar-refractivity contribution is -0.154. The number of nitrogens with zero attached hydrogens (tertiary/aromatic N) is 1. The van der Waals surface area contributed by atoms with E-state index >= 15 is 0 Å². The van der Waals surface area contributed by atoms with Crippen LogP contribution in [-0.4, -0.2) is 33.4 Å². The van der Waals surface area contributed by atoms with Crippen LogP contribution in [0.2, 0.25) is 5.02 Å². The van der Waals surface area contributed by atoms with E-state index in [4.69, 9.17) is 16.3 Å². The molecular weight excluding hydrogens is 329 g/mol. The van der Waals surface area contributed by atoms with Crippen LogP contribution in [-0.2, 0) is 20.9 Å². The summed E-state index contributed by atoms with van der Waals surface area (Å²) in [6, 6.07) is 3.70. The Labute approximate surface area is 136 Å². The van der Waals surface area contributed by atoms with E-state index in [2.05, 4.69) is 0 Å². The molecule has 7 heteroatoms. The van der Waals surface area contributed by atoms with Crippen molar-refractivity contribution in [2.45, 2.75) is 37.3 Å². The van der Waals surface area contributed by atoms with Crippen molar-refractivity contribution in [3.8, 4) is 0 Å². The van der Waals surface area contributed by atoms with Crippen molar-refractivity contribution >= 4 is 35.2 Å². The fraction of sp³-hybridized carbons (Fsp3) is 0.467. The third-order valence-electron chi connectivity index (χ3n) is 4.14. The number of hydrogen-bond donors (Lipinski definition) is 0. The summed E-state index contributed by atoms with van der Waals surface area (Å²) in [6.07, 6.45) is 1.19. The molecule has 2 aliphatic heterocycles. The second-order valence-corrected chi connectivity index (χ2v) is 7.48. The first kappa shape index (κ1) is 15.6. The SMILES string of the molecule is C[C@]12CCC(=O)N1[C@@H](C(=O)OCc1c(F)cccc1Cl)CS2. The van der Waals surface area contributed by atoms with Gasteiger partial charge in [-0.1, -0.05) is 17.7 Å². The van der Waals surface area contributed by atoms with Crippen LogP contribution < -0.4 is 0 Å². The zero-order chi connectivity index (χ0) is 15.9. The highest BCUT2D eigenvalue weighted by Crippen LogP contribution is 2.47. The predicted octanol–water partition coefficient (Wildman–Crippen LogP) is 2.98. The van der Waals surface area contributed by atoms with Crippen LogP contribution in [0, 0.1) is 5.82 Å². The van der Waals surface area contributed by atoms with E-state index in [0.717, 1.165) is 6.42 Å². The fourth-order valence-electron chi connectivity index (χ4n) is 2.90. The predicted molar refractivity (Wildman–Crippen MR) is 81.9 cm³/mol. The summed E-state index contributed by atoms with van der Waals surface area (Å²) < 4.78 is 18.9. The van der Waals surface area contributed by atoms with Gasteiger partial charge in [0.05, 0.1) is 9.89 Å². The molecule has 0 bridgehead atoms. The number of carbonyl (C=O) groups excluding carboxylic acids is 2. The third-order valence-corrected chi connectivity index (χ3v) is 6.00. The lowest BCUT2D eigenvalue weighted by Gasteiger charge is -2.29. The molecule has 0 aliphatic carbocycles. The van der Waals surface area contributed by atoms with Gasteiger partial charge < -0.3 is 9.64 Å². The van der Waals surface area contributed by atoms with Gasteiger partial charge in [0.15, 0.2) is 0 Å². The van der Waals surface area contributed by atoms with Crippen molar-refractivity contribution in [3.05, 3.63) is 34.6 Å². The van der Waals surface area contributed by atoms with E-state index in [1.807, 2.05) is 6.92 Å². The Bertz CT molecular complexity index is 621. The van der Waals surface area contributed by atoms with Gasteiger partial charge in [0.1, 0.15) is 18.5 Å². The maximum atomic E-state index is 13.7. The van der Waals surface area contributed by atoms with E-state index in [9.17, 15) is 14.0 Å². The number of halogens is 2. The largest absolute Gasteiger partial charge is 0.459 e. The Kier molecular flexibility index (Phi) is 4.07. The smallest absolute Gasteiger partial charge is 0.330 e. The van der Waals surface area contributed by atoms with Crippen molar-refractivity contribution in [2.75, 3.05) is 5.75 Å². The number of thioether (sulfide) groups is 1. The molecule has 118 valence electrons. The van der Waals surface area contributed by atoms with Gasteiger partial charge in [-0.15, -0.1) is 11.8 Å². The second-order valence-electron chi connectivity index (χ2n) is 5.57. The van der Waals surface area contributed by atoms with Crippen LogP contribution in [0.3, 0.4) is 0 Å². The van der Waals surface area contributed by atoms with E-state index in [-0.39, 0.29) is 28.0 Å². The summed E-state index contributed by atoms with van der Waals surface area (Å²) in [6.45, 7) is 1.73. The molecule has 0 N–H and O–H groups in total. The molecule has 2 heterocycles. The van der Waals surface area contributed by atoms with Crippen molar-refractivity contribution in [1.29, 1.82) is 0 Å². The van der Waals surface area contributed by atoms with Crippen LogP contribution in [0.25, 0.3) is 0 Å². The Morgan fingerprint density at radius 3 is 3.09 bits per heavy atom.